The van der Waals surface area contributed by atoms with Crippen LogP contribution >= 0.6 is 11.6 Å². The van der Waals surface area contributed by atoms with E-state index in [2.05, 4.69) is 31.2 Å². The lowest BCUT2D eigenvalue weighted by Gasteiger charge is -2.20. The second-order valence-corrected chi connectivity index (χ2v) is 7.59. The fourth-order valence-electron chi connectivity index (χ4n) is 2.85. The van der Waals surface area contributed by atoms with Crippen molar-refractivity contribution < 1.29 is 4.79 Å². The summed E-state index contributed by atoms with van der Waals surface area (Å²) in [4.78, 5) is 12.1. The first-order valence-corrected chi connectivity index (χ1v) is 8.87. The summed E-state index contributed by atoms with van der Waals surface area (Å²) in [7, 11) is 1.61. The molecule has 26 heavy (non-hydrogen) atoms. The molecular weight excluding hydrogens is 346 g/mol. The summed E-state index contributed by atoms with van der Waals surface area (Å²) >= 11 is 6.35. The molecule has 1 N–H and O–H groups in total. The summed E-state index contributed by atoms with van der Waals surface area (Å²) in [6.45, 7) is 6.31. The van der Waals surface area contributed by atoms with E-state index in [1.165, 1.54) is 0 Å². The summed E-state index contributed by atoms with van der Waals surface area (Å²) in [5.41, 5.74) is 4.06. The third-order valence-electron chi connectivity index (χ3n) is 4.21. The molecule has 4 nitrogen and oxygen atoms in total. The van der Waals surface area contributed by atoms with Gasteiger partial charge in [0.2, 0.25) is 0 Å². The van der Waals surface area contributed by atoms with Crippen LogP contribution < -0.4 is 5.32 Å². The predicted octanol–water partition coefficient (Wildman–Crippen LogP) is 4.85. The van der Waals surface area contributed by atoms with Gasteiger partial charge in [0.25, 0.3) is 5.91 Å². The van der Waals surface area contributed by atoms with Crippen molar-refractivity contribution in [2.45, 2.75) is 26.2 Å². The molecule has 1 amide bonds. The summed E-state index contributed by atoms with van der Waals surface area (Å²) in [6.07, 6.45) is 0. The fourth-order valence-corrected chi connectivity index (χ4v) is 3.10. The summed E-state index contributed by atoms with van der Waals surface area (Å²) in [6, 6.07) is 17.6. The molecule has 0 saturated carbocycles. The summed E-state index contributed by atoms with van der Waals surface area (Å²) in [5, 5.41) is 7.88. The number of rotatable bonds is 3. The number of nitrogens with zero attached hydrogens (tertiary/aromatic N) is 2. The van der Waals surface area contributed by atoms with Gasteiger partial charge in [0.15, 0.2) is 5.69 Å². The molecule has 0 unspecified atom stereocenters. The van der Waals surface area contributed by atoms with Gasteiger partial charge >= 0.3 is 0 Å². The first kappa shape index (κ1) is 18.2. The van der Waals surface area contributed by atoms with Crippen molar-refractivity contribution in [3.8, 4) is 16.8 Å². The first-order valence-electron chi connectivity index (χ1n) is 8.49. The Morgan fingerprint density at radius 3 is 2.46 bits per heavy atom. The van der Waals surface area contributed by atoms with Crippen LogP contribution in [0.3, 0.4) is 0 Å². The van der Waals surface area contributed by atoms with E-state index in [4.69, 9.17) is 11.6 Å². The van der Waals surface area contributed by atoms with Crippen molar-refractivity contribution in [3.63, 3.8) is 0 Å². The Balaban J connectivity index is 2.15. The van der Waals surface area contributed by atoms with E-state index >= 15 is 0 Å². The van der Waals surface area contributed by atoms with E-state index in [0.717, 1.165) is 22.5 Å². The van der Waals surface area contributed by atoms with Crippen LogP contribution in [0.25, 0.3) is 16.8 Å². The molecule has 0 atom stereocenters. The molecule has 134 valence electrons. The highest BCUT2D eigenvalue weighted by atomic mass is 35.5. The average Bonchev–Trinajstić information content (AvgIpc) is 3.07. The van der Waals surface area contributed by atoms with E-state index in [9.17, 15) is 4.79 Å². The van der Waals surface area contributed by atoms with Gasteiger partial charge < -0.3 is 5.32 Å². The summed E-state index contributed by atoms with van der Waals surface area (Å²) in [5.74, 6) is -0.198. The minimum atomic E-state index is -0.198. The van der Waals surface area contributed by atoms with E-state index in [0.29, 0.717) is 10.7 Å². The molecule has 1 aromatic heterocycles. The Morgan fingerprint density at radius 2 is 1.81 bits per heavy atom. The van der Waals surface area contributed by atoms with Gasteiger partial charge in [0.1, 0.15) is 0 Å². The molecule has 0 bridgehead atoms. The van der Waals surface area contributed by atoms with E-state index < -0.39 is 0 Å². The molecule has 2 aromatic carbocycles. The summed E-state index contributed by atoms with van der Waals surface area (Å²) < 4.78 is 1.84. The van der Waals surface area contributed by atoms with Crippen LogP contribution in [0.4, 0.5) is 0 Å². The van der Waals surface area contributed by atoms with Crippen molar-refractivity contribution in [2.75, 3.05) is 7.05 Å². The number of amides is 1. The molecule has 0 saturated heterocycles. The van der Waals surface area contributed by atoms with Crippen molar-refractivity contribution in [3.05, 3.63) is 71.0 Å². The van der Waals surface area contributed by atoms with Crippen LogP contribution in [0.2, 0.25) is 5.02 Å². The quantitative estimate of drug-likeness (QED) is 0.719. The smallest absolute Gasteiger partial charge is 0.271 e. The lowest BCUT2D eigenvalue weighted by Crippen LogP contribution is -2.18. The maximum atomic E-state index is 12.1. The Morgan fingerprint density at radius 1 is 1.08 bits per heavy atom. The number of hydrogen-bond acceptors (Lipinski definition) is 2. The molecule has 5 heteroatoms. The Labute approximate surface area is 158 Å². The number of benzene rings is 2. The van der Waals surface area contributed by atoms with Gasteiger partial charge in [-0.25, -0.2) is 4.68 Å². The fraction of sp³-hybridized carbons (Fsp3) is 0.238. The van der Waals surface area contributed by atoms with Gasteiger partial charge in [-0.15, -0.1) is 0 Å². The zero-order valence-corrected chi connectivity index (χ0v) is 16.1. The maximum absolute atomic E-state index is 12.1. The van der Waals surface area contributed by atoms with Crippen molar-refractivity contribution in [1.82, 2.24) is 15.1 Å². The third kappa shape index (κ3) is 3.51. The van der Waals surface area contributed by atoms with E-state index in [1.807, 2.05) is 59.3 Å². The molecule has 0 aliphatic rings. The lowest BCUT2D eigenvalue weighted by molar-refractivity contribution is 0.0957. The first-order chi connectivity index (χ1) is 12.3. The van der Waals surface area contributed by atoms with Crippen LogP contribution in [-0.2, 0) is 5.41 Å². The van der Waals surface area contributed by atoms with Crippen molar-refractivity contribution in [1.29, 1.82) is 0 Å². The molecule has 3 rings (SSSR count). The minimum Gasteiger partial charge on any atom is -0.354 e. The van der Waals surface area contributed by atoms with Gasteiger partial charge in [-0.1, -0.05) is 62.7 Å². The lowest BCUT2D eigenvalue weighted by atomic mass is 9.91. The van der Waals surface area contributed by atoms with E-state index in [-0.39, 0.29) is 11.3 Å². The zero-order chi connectivity index (χ0) is 18.9. The van der Waals surface area contributed by atoms with Crippen molar-refractivity contribution >= 4 is 17.5 Å². The third-order valence-corrected chi connectivity index (χ3v) is 4.54. The second kappa shape index (κ2) is 6.96. The second-order valence-electron chi connectivity index (χ2n) is 7.19. The average molecular weight is 368 g/mol. The van der Waals surface area contributed by atoms with Crippen LogP contribution in [0.5, 0.6) is 0 Å². The molecular formula is C21H22ClN3O. The molecule has 0 spiro atoms. The van der Waals surface area contributed by atoms with Crippen molar-refractivity contribution in [2.24, 2.45) is 0 Å². The number of halogens is 1. The molecule has 0 fully saturated rings. The molecule has 0 radical (unpaired) electrons. The van der Waals surface area contributed by atoms with Gasteiger partial charge in [-0.05, 0) is 29.8 Å². The number of carbonyl (C=O) groups is 1. The zero-order valence-electron chi connectivity index (χ0n) is 15.4. The number of nitrogens with one attached hydrogen (secondary N) is 1. The molecule has 3 aromatic rings. The molecule has 0 aliphatic carbocycles. The Hall–Kier alpha value is -2.59. The van der Waals surface area contributed by atoms with Gasteiger partial charge in [0, 0.05) is 23.0 Å². The van der Waals surface area contributed by atoms with Crippen LogP contribution in [0, 0.1) is 0 Å². The van der Waals surface area contributed by atoms with Crippen LogP contribution in [0.15, 0.2) is 54.6 Å². The monoisotopic (exact) mass is 367 g/mol. The number of carbonyl (C=O) groups excluding carboxylic acids is 1. The molecule has 0 aliphatic heterocycles. The minimum absolute atomic E-state index is 0.167. The highest BCUT2D eigenvalue weighted by Crippen LogP contribution is 2.31. The topological polar surface area (TPSA) is 46.9 Å². The molecule has 1 heterocycles. The van der Waals surface area contributed by atoms with Gasteiger partial charge in [0.05, 0.1) is 11.4 Å². The highest BCUT2D eigenvalue weighted by molar-refractivity contribution is 6.33. The van der Waals surface area contributed by atoms with Gasteiger partial charge in [-0.3, -0.25) is 4.79 Å². The van der Waals surface area contributed by atoms with Crippen LogP contribution in [0.1, 0.15) is 37.0 Å². The normalized spacial score (nSPS) is 11.4. The SMILES string of the molecule is CNC(=O)c1cc(C(C)(C)C)n(-c2cccc(-c3ccccc3Cl)c2)n1. The van der Waals surface area contributed by atoms with E-state index in [1.54, 1.807) is 7.05 Å². The maximum Gasteiger partial charge on any atom is 0.271 e. The van der Waals surface area contributed by atoms with Gasteiger partial charge in [-0.2, -0.15) is 5.10 Å². The number of aromatic nitrogens is 2. The van der Waals surface area contributed by atoms with Crippen LogP contribution in [-0.4, -0.2) is 22.7 Å². The largest absolute Gasteiger partial charge is 0.354 e. The Kier molecular flexibility index (Phi) is 4.88. The number of hydrogen-bond donors (Lipinski definition) is 1. The highest BCUT2D eigenvalue weighted by Gasteiger charge is 2.24. The predicted molar refractivity (Wildman–Crippen MR) is 106 cm³/mol. The standard InChI is InChI=1S/C21H22ClN3O/c1-21(2,3)19-13-18(20(26)23-4)24-25(19)15-9-7-8-14(12-15)16-10-5-6-11-17(16)22/h5-13H,1-4H3,(H,23,26). The Bertz CT molecular complexity index is 954.